The summed E-state index contributed by atoms with van der Waals surface area (Å²) >= 11 is 6.21. The number of hydrogen-bond acceptors (Lipinski definition) is 2. The van der Waals surface area contributed by atoms with E-state index in [4.69, 9.17) is 16.3 Å². The number of ether oxygens (including phenoxy) is 1. The molecule has 0 aromatic heterocycles. The van der Waals surface area contributed by atoms with Crippen molar-refractivity contribution in [3.05, 3.63) is 23.2 Å². The monoisotopic (exact) mass is 281 g/mol. The van der Waals surface area contributed by atoms with Crippen LogP contribution < -0.4 is 10.1 Å². The molecule has 0 saturated heterocycles. The molecule has 1 aromatic rings. The zero-order chi connectivity index (χ0) is 13.7. The van der Waals surface area contributed by atoms with Crippen LogP contribution in [0.15, 0.2) is 18.2 Å². The first-order valence-corrected chi connectivity index (χ1v) is 7.79. The maximum absolute atomic E-state index is 6.21. The molecule has 106 valence electrons. The average molecular weight is 282 g/mol. The van der Waals surface area contributed by atoms with Gasteiger partial charge in [0.2, 0.25) is 0 Å². The van der Waals surface area contributed by atoms with E-state index in [1.54, 1.807) is 0 Å². The van der Waals surface area contributed by atoms with Crippen molar-refractivity contribution >= 4 is 17.3 Å². The molecule has 2 rings (SSSR count). The lowest BCUT2D eigenvalue weighted by Crippen LogP contribution is -2.25. The summed E-state index contributed by atoms with van der Waals surface area (Å²) in [6, 6.07) is 6.57. The molecule has 0 atom stereocenters. The van der Waals surface area contributed by atoms with Crippen LogP contribution in [-0.2, 0) is 0 Å². The highest BCUT2D eigenvalue weighted by atomic mass is 35.5. The Morgan fingerprint density at radius 2 is 1.95 bits per heavy atom. The molecule has 0 spiro atoms. The summed E-state index contributed by atoms with van der Waals surface area (Å²) in [6.07, 6.45) is 6.55. The van der Waals surface area contributed by atoms with Gasteiger partial charge in [-0.3, -0.25) is 0 Å². The van der Waals surface area contributed by atoms with Crippen LogP contribution >= 0.6 is 11.6 Å². The van der Waals surface area contributed by atoms with Crippen LogP contribution in [0.2, 0.25) is 5.02 Å². The lowest BCUT2D eigenvalue weighted by Gasteiger charge is -2.29. The van der Waals surface area contributed by atoms with Gasteiger partial charge in [-0.05, 0) is 56.7 Å². The Morgan fingerprint density at radius 1 is 1.21 bits per heavy atom. The van der Waals surface area contributed by atoms with Gasteiger partial charge in [0.25, 0.3) is 0 Å². The van der Waals surface area contributed by atoms with Crippen molar-refractivity contribution in [2.24, 2.45) is 5.92 Å². The molecule has 0 radical (unpaired) electrons. The molecule has 0 heterocycles. The van der Waals surface area contributed by atoms with Gasteiger partial charge in [-0.1, -0.05) is 24.9 Å². The second-order valence-corrected chi connectivity index (χ2v) is 5.76. The molecular formula is C16H24ClNO. The van der Waals surface area contributed by atoms with E-state index in [1.165, 1.54) is 32.1 Å². The summed E-state index contributed by atoms with van der Waals surface area (Å²) in [4.78, 5) is 0. The summed E-state index contributed by atoms with van der Waals surface area (Å²) in [5.74, 6) is 1.70. The predicted molar refractivity (Wildman–Crippen MR) is 82.3 cm³/mol. The lowest BCUT2D eigenvalue weighted by molar-refractivity contribution is 0.330. The first-order chi connectivity index (χ1) is 9.22. The molecule has 1 aliphatic carbocycles. The standard InChI is InChI=1S/C16H24ClNO/c1-3-12-5-7-13(8-6-12)18-14-9-10-16(19-4-2)15(17)11-14/h9-13,18H,3-8H2,1-2H3. The third-order valence-corrected chi connectivity index (χ3v) is 4.32. The molecule has 3 heteroatoms. The fraction of sp³-hybridized carbons (Fsp3) is 0.625. The van der Waals surface area contributed by atoms with Crippen LogP contribution in [0.3, 0.4) is 0 Å². The molecule has 0 unspecified atom stereocenters. The highest BCUT2D eigenvalue weighted by molar-refractivity contribution is 6.32. The van der Waals surface area contributed by atoms with E-state index in [2.05, 4.69) is 18.3 Å². The molecule has 1 fully saturated rings. The van der Waals surface area contributed by atoms with Gasteiger partial charge in [-0.2, -0.15) is 0 Å². The van der Waals surface area contributed by atoms with Crippen molar-refractivity contribution in [2.45, 2.75) is 52.0 Å². The van der Waals surface area contributed by atoms with E-state index in [1.807, 2.05) is 19.1 Å². The van der Waals surface area contributed by atoms with Crippen molar-refractivity contribution in [3.8, 4) is 5.75 Å². The minimum atomic E-state index is 0.594. The summed E-state index contributed by atoms with van der Waals surface area (Å²) in [5, 5.41) is 4.28. The van der Waals surface area contributed by atoms with Crippen LogP contribution in [0.4, 0.5) is 5.69 Å². The zero-order valence-corrected chi connectivity index (χ0v) is 12.7. The highest BCUT2D eigenvalue weighted by Gasteiger charge is 2.19. The van der Waals surface area contributed by atoms with Gasteiger partial charge < -0.3 is 10.1 Å². The van der Waals surface area contributed by atoms with E-state index in [0.717, 1.165) is 17.4 Å². The van der Waals surface area contributed by atoms with Gasteiger partial charge >= 0.3 is 0 Å². The minimum absolute atomic E-state index is 0.594. The van der Waals surface area contributed by atoms with Gasteiger partial charge in [0.1, 0.15) is 5.75 Å². The summed E-state index contributed by atoms with van der Waals surface area (Å²) in [7, 11) is 0. The molecule has 0 bridgehead atoms. The Kier molecular flexibility index (Phi) is 5.38. The lowest BCUT2D eigenvalue weighted by atomic mass is 9.84. The largest absolute Gasteiger partial charge is 0.492 e. The van der Waals surface area contributed by atoms with E-state index in [-0.39, 0.29) is 0 Å². The maximum Gasteiger partial charge on any atom is 0.138 e. The van der Waals surface area contributed by atoms with Crippen molar-refractivity contribution < 1.29 is 4.74 Å². The fourth-order valence-electron chi connectivity index (χ4n) is 2.81. The summed E-state index contributed by atoms with van der Waals surface area (Å²) in [5.41, 5.74) is 1.11. The quantitative estimate of drug-likeness (QED) is 0.809. The number of hydrogen-bond donors (Lipinski definition) is 1. The van der Waals surface area contributed by atoms with Crippen LogP contribution in [-0.4, -0.2) is 12.6 Å². The van der Waals surface area contributed by atoms with Gasteiger partial charge in [0, 0.05) is 11.7 Å². The third kappa shape index (κ3) is 4.04. The van der Waals surface area contributed by atoms with Gasteiger partial charge in [-0.25, -0.2) is 0 Å². The normalized spacial score (nSPS) is 23.1. The summed E-state index contributed by atoms with van der Waals surface area (Å²) in [6.45, 7) is 4.91. The maximum atomic E-state index is 6.21. The average Bonchev–Trinajstić information content (AvgIpc) is 2.43. The second kappa shape index (κ2) is 7.04. The number of nitrogens with one attached hydrogen (secondary N) is 1. The van der Waals surface area contributed by atoms with Crippen LogP contribution in [0.5, 0.6) is 5.75 Å². The van der Waals surface area contributed by atoms with Crippen LogP contribution in [0.25, 0.3) is 0 Å². The van der Waals surface area contributed by atoms with E-state index in [9.17, 15) is 0 Å². The smallest absolute Gasteiger partial charge is 0.138 e. The zero-order valence-electron chi connectivity index (χ0n) is 11.9. The fourth-order valence-corrected chi connectivity index (χ4v) is 3.05. The van der Waals surface area contributed by atoms with Crippen LogP contribution in [0, 0.1) is 5.92 Å². The molecule has 1 aliphatic rings. The number of benzene rings is 1. The predicted octanol–water partition coefficient (Wildman–Crippen LogP) is 5.12. The molecule has 1 aromatic carbocycles. The Balaban J connectivity index is 1.91. The first kappa shape index (κ1) is 14.5. The number of halogens is 1. The first-order valence-electron chi connectivity index (χ1n) is 7.41. The molecular weight excluding hydrogens is 258 g/mol. The Hall–Kier alpha value is -0.890. The summed E-state index contributed by atoms with van der Waals surface area (Å²) < 4.78 is 5.45. The van der Waals surface area contributed by atoms with Crippen molar-refractivity contribution in [1.82, 2.24) is 0 Å². The highest BCUT2D eigenvalue weighted by Crippen LogP contribution is 2.31. The molecule has 1 N–H and O–H groups in total. The van der Waals surface area contributed by atoms with E-state index in [0.29, 0.717) is 17.7 Å². The molecule has 0 amide bonds. The second-order valence-electron chi connectivity index (χ2n) is 5.35. The van der Waals surface area contributed by atoms with Crippen molar-refractivity contribution in [2.75, 3.05) is 11.9 Å². The molecule has 0 aliphatic heterocycles. The topological polar surface area (TPSA) is 21.3 Å². The number of anilines is 1. The Bertz CT molecular complexity index is 400. The van der Waals surface area contributed by atoms with E-state index >= 15 is 0 Å². The number of rotatable bonds is 5. The van der Waals surface area contributed by atoms with E-state index < -0.39 is 0 Å². The van der Waals surface area contributed by atoms with Crippen molar-refractivity contribution in [3.63, 3.8) is 0 Å². The Morgan fingerprint density at radius 3 is 2.53 bits per heavy atom. The SMILES string of the molecule is CCOc1ccc(NC2CCC(CC)CC2)cc1Cl. The van der Waals surface area contributed by atoms with Crippen molar-refractivity contribution in [1.29, 1.82) is 0 Å². The van der Waals surface area contributed by atoms with Crippen LogP contribution in [0.1, 0.15) is 46.0 Å². The molecule has 2 nitrogen and oxygen atoms in total. The minimum Gasteiger partial charge on any atom is -0.492 e. The van der Waals surface area contributed by atoms with Gasteiger partial charge in [0.15, 0.2) is 0 Å². The third-order valence-electron chi connectivity index (χ3n) is 4.03. The molecule has 1 saturated carbocycles. The molecule has 19 heavy (non-hydrogen) atoms. The Labute approximate surface area is 121 Å². The van der Waals surface area contributed by atoms with Gasteiger partial charge in [-0.15, -0.1) is 0 Å². The van der Waals surface area contributed by atoms with Gasteiger partial charge in [0.05, 0.1) is 11.6 Å².